The first kappa shape index (κ1) is 8.28. The summed E-state index contributed by atoms with van der Waals surface area (Å²) in [5.74, 6) is 0. The third-order valence-corrected chi connectivity index (χ3v) is 3.46. The standard InChI is InChI=1S/C8H7Br2/c1-5-3-4-7(9)6(2)8(5)10/h3H,1-2H3. The zero-order valence-electron chi connectivity index (χ0n) is 5.83. The number of hydrogen-bond acceptors (Lipinski definition) is 0. The van der Waals surface area contributed by atoms with Gasteiger partial charge in [0.05, 0.1) is 0 Å². The summed E-state index contributed by atoms with van der Waals surface area (Å²) in [6.45, 7) is 4.11. The summed E-state index contributed by atoms with van der Waals surface area (Å²) >= 11 is 6.87. The molecule has 0 heterocycles. The topological polar surface area (TPSA) is 0 Å². The fourth-order valence-corrected chi connectivity index (χ4v) is 1.63. The van der Waals surface area contributed by atoms with E-state index in [0.29, 0.717) is 0 Å². The van der Waals surface area contributed by atoms with Gasteiger partial charge in [0.2, 0.25) is 0 Å². The molecule has 0 aromatic heterocycles. The van der Waals surface area contributed by atoms with Gasteiger partial charge in [0.25, 0.3) is 0 Å². The van der Waals surface area contributed by atoms with Crippen molar-refractivity contribution in [3.05, 3.63) is 32.2 Å². The first-order valence-electron chi connectivity index (χ1n) is 2.96. The van der Waals surface area contributed by atoms with E-state index >= 15 is 0 Å². The van der Waals surface area contributed by atoms with Crippen molar-refractivity contribution in [3.63, 3.8) is 0 Å². The fraction of sp³-hybridized carbons (Fsp3) is 0.250. The van der Waals surface area contributed by atoms with Crippen molar-refractivity contribution in [2.75, 3.05) is 0 Å². The predicted octanol–water partition coefficient (Wildman–Crippen LogP) is 3.63. The van der Waals surface area contributed by atoms with Crippen molar-refractivity contribution in [3.8, 4) is 0 Å². The van der Waals surface area contributed by atoms with Crippen LogP contribution in [0.25, 0.3) is 0 Å². The normalized spacial score (nSPS) is 10.0. The second kappa shape index (κ2) is 3.05. The summed E-state index contributed by atoms with van der Waals surface area (Å²) in [4.78, 5) is 0. The molecule has 1 aromatic carbocycles. The number of halogens is 2. The molecule has 0 fully saturated rings. The second-order valence-corrected chi connectivity index (χ2v) is 3.81. The largest absolute Gasteiger partial charge is 0.0502 e. The third-order valence-electron chi connectivity index (χ3n) is 1.42. The number of hydrogen-bond donors (Lipinski definition) is 0. The summed E-state index contributed by atoms with van der Waals surface area (Å²) in [5, 5.41) is 0. The quantitative estimate of drug-likeness (QED) is 0.670. The molecule has 0 aliphatic rings. The van der Waals surface area contributed by atoms with Crippen LogP contribution in [0, 0.1) is 19.9 Å². The molecule has 0 atom stereocenters. The van der Waals surface area contributed by atoms with Gasteiger partial charge in [-0.3, -0.25) is 0 Å². The molecular formula is C8H7Br2. The minimum atomic E-state index is 1.03. The fourth-order valence-electron chi connectivity index (χ4n) is 0.735. The molecule has 0 amide bonds. The monoisotopic (exact) mass is 261 g/mol. The van der Waals surface area contributed by atoms with Crippen molar-refractivity contribution in [2.45, 2.75) is 13.8 Å². The van der Waals surface area contributed by atoms with E-state index in [1.807, 2.05) is 6.07 Å². The molecule has 0 saturated carbocycles. The Hall–Kier alpha value is 0.180. The van der Waals surface area contributed by atoms with Gasteiger partial charge in [-0.25, -0.2) is 0 Å². The highest BCUT2D eigenvalue weighted by Crippen LogP contribution is 2.26. The average molecular weight is 263 g/mol. The smallest absolute Gasteiger partial charge is 0.0294 e. The highest BCUT2D eigenvalue weighted by atomic mass is 79.9. The van der Waals surface area contributed by atoms with Crippen LogP contribution in [0.3, 0.4) is 0 Å². The van der Waals surface area contributed by atoms with Crippen LogP contribution in [0.2, 0.25) is 0 Å². The average Bonchev–Trinajstić information content (AvgIpc) is 1.93. The zero-order valence-corrected chi connectivity index (χ0v) is 9.01. The Morgan fingerprint density at radius 2 is 1.90 bits per heavy atom. The van der Waals surface area contributed by atoms with Gasteiger partial charge >= 0.3 is 0 Å². The van der Waals surface area contributed by atoms with Crippen LogP contribution in [0.1, 0.15) is 11.1 Å². The van der Waals surface area contributed by atoms with Gasteiger partial charge in [-0.05, 0) is 53.0 Å². The lowest BCUT2D eigenvalue weighted by molar-refractivity contribution is 1.31. The van der Waals surface area contributed by atoms with Crippen LogP contribution in [-0.2, 0) is 0 Å². The molecule has 0 nitrogen and oxygen atoms in total. The van der Waals surface area contributed by atoms with Crippen LogP contribution < -0.4 is 0 Å². The summed E-state index contributed by atoms with van der Waals surface area (Å²) in [6, 6.07) is 5.05. The molecule has 10 heavy (non-hydrogen) atoms. The molecule has 0 spiro atoms. The molecular weight excluding hydrogens is 256 g/mol. The van der Waals surface area contributed by atoms with E-state index < -0.39 is 0 Å². The Balaban J connectivity index is 3.34. The van der Waals surface area contributed by atoms with Gasteiger partial charge in [-0.15, -0.1) is 0 Å². The lowest BCUT2D eigenvalue weighted by atomic mass is 10.2. The minimum absolute atomic E-state index is 1.03. The summed E-state index contributed by atoms with van der Waals surface area (Å²) in [5.41, 5.74) is 2.43. The van der Waals surface area contributed by atoms with Gasteiger partial charge in [0, 0.05) is 8.95 Å². The lowest BCUT2D eigenvalue weighted by Gasteiger charge is -2.02. The van der Waals surface area contributed by atoms with Crippen molar-refractivity contribution < 1.29 is 0 Å². The van der Waals surface area contributed by atoms with Crippen molar-refractivity contribution in [1.29, 1.82) is 0 Å². The van der Waals surface area contributed by atoms with Crippen LogP contribution in [0.15, 0.2) is 15.0 Å². The minimum Gasteiger partial charge on any atom is -0.0502 e. The molecule has 0 saturated heterocycles. The highest BCUT2D eigenvalue weighted by Gasteiger charge is 2.01. The van der Waals surface area contributed by atoms with E-state index in [0.717, 1.165) is 8.95 Å². The highest BCUT2D eigenvalue weighted by molar-refractivity contribution is 9.11. The Kier molecular flexibility index (Phi) is 2.53. The molecule has 0 N–H and O–H groups in total. The number of rotatable bonds is 0. The zero-order chi connectivity index (χ0) is 7.72. The molecule has 53 valence electrons. The van der Waals surface area contributed by atoms with Crippen molar-refractivity contribution in [2.24, 2.45) is 0 Å². The lowest BCUT2D eigenvalue weighted by Crippen LogP contribution is -1.82. The summed E-state index contributed by atoms with van der Waals surface area (Å²) in [6.07, 6.45) is 0. The van der Waals surface area contributed by atoms with E-state index in [1.165, 1.54) is 11.1 Å². The summed E-state index contributed by atoms with van der Waals surface area (Å²) < 4.78 is 2.20. The van der Waals surface area contributed by atoms with Gasteiger partial charge in [0.1, 0.15) is 0 Å². The van der Waals surface area contributed by atoms with E-state index in [4.69, 9.17) is 0 Å². The maximum atomic E-state index is 3.48. The SMILES string of the molecule is Cc1c[c]c(Br)c(C)c1Br. The van der Waals surface area contributed by atoms with Crippen molar-refractivity contribution in [1.82, 2.24) is 0 Å². The molecule has 0 bridgehead atoms. The number of benzene rings is 1. The first-order chi connectivity index (χ1) is 4.63. The third kappa shape index (κ3) is 1.43. The Morgan fingerprint density at radius 1 is 1.30 bits per heavy atom. The van der Waals surface area contributed by atoms with Gasteiger partial charge in [0.15, 0.2) is 0 Å². The Morgan fingerprint density at radius 3 is 2.40 bits per heavy atom. The van der Waals surface area contributed by atoms with E-state index in [1.54, 1.807) is 0 Å². The first-order valence-corrected chi connectivity index (χ1v) is 4.54. The van der Waals surface area contributed by atoms with E-state index in [9.17, 15) is 0 Å². The van der Waals surface area contributed by atoms with Crippen LogP contribution in [-0.4, -0.2) is 0 Å². The summed E-state index contributed by atoms with van der Waals surface area (Å²) in [7, 11) is 0. The molecule has 0 aliphatic carbocycles. The molecule has 1 rings (SSSR count). The van der Waals surface area contributed by atoms with Gasteiger partial charge in [-0.1, -0.05) is 15.9 Å². The van der Waals surface area contributed by atoms with Crippen LogP contribution in [0.4, 0.5) is 0 Å². The van der Waals surface area contributed by atoms with Crippen LogP contribution in [0.5, 0.6) is 0 Å². The Bertz CT molecular complexity index is 227. The molecule has 2 heteroatoms. The molecule has 1 aromatic rings. The molecule has 0 aliphatic heterocycles. The van der Waals surface area contributed by atoms with Crippen molar-refractivity contribution >= 4 is 31.9 Å². The van der Waals surface area contributed by atoms with Crippen LogP contribution >= 0.6 is 31.9 Å². The maximum absolute atomic E-state index is 3.48. The van der Waals surface area contributed by atoms with Gasteiger partial charge in [-0.2, -0.15) is 0 Å². The van der Waals surface area contributed by atoms with Gasteiger partial charge < -0.3 is 0 Å². The van der Waals surface area contributed by atoms with E-state index in [-0.39, 0.29) is 0 Å². The second-order valence-electron chi connectivity index (χ2n) is 2.22. The Labute approximate surface area is 77.9 Å². The molecule has 1 radical (unpaired) electrons. The maximum Gasteiger partial charge on any atom is 0.0294 e. The number of aryl methyl sites for hydroxylation is 1. The molecule has 0 unspecified atom stereocenters. The van der Waals surface area contributed by atoms with E-state index in [2.05, 4.69) is 51.8 Å². The predicted molar refractivity (Wildman–Crippen MR) is 50.2 cm³/mol.